The summed E-state index contributed by atoms with van der Waals surface area (Å²) in [5, 5.41) is 11.2. The van der Waals surface area contributed by atoms with Crippen LogP contribution in [-0.2, 0) is 13.6 Å². The van der Waals surface area contributed by atoms with Crippen molar-refractivity contribution >= 4 is 5.69 Å². The van der Waals surface area contributed by atoms with Crippen LogP contribution in [0.5, 0.6) is 11.5 Å². The van der Waals surface area contributed by atoms with Crippen LogP contribution in [0.25, 0.3) is 0 Å². The molecule has 0 radical (unpaired) electrons. The Bertz CT molecular complexity index is 692. The number of nitrogens with zero attached hydrogens (tertiary/aromatic N) is 3. The monoisotopic (exact) mass is 280 g/mol. The molecule has 1 aromatic heterocycles. The molecule has 0 aliphatic carbocycles. The molecule has 0 saturated heterocycles. The lowest BCUT2D eigenvalue weighted by Gasteiger charge is -2.08. The van der Waals surface area contributed by atoms with Crippen LogP contribution in [0, 0.1) is 0 Å². The van der Waals surface area contributed by atoms with Gasteiger partial charge in [0.05, 0.1) is 6.54 Å². The lowest BCUT2D eigenvalue weighted by atomic mass is 10.3. The normalized spacial score (nSPS) is 10.3. The summed E-state index contributed by atoms with van der Waals surface area (Å²) >= 11 is 0. The summed E-state index contributed by atoms with van der Waals surface area (Å²) in [4.78, 5) is 0. The minimum Gasteiger partial charge on any atom is -0.457 e. The van der Waals surface area contributed by atoms with Gasteiger partial charge in [0, 0.05) is 12.7 Å². The molecule has 0 atom stereocenters. The number of rotatable bonds is 5. The van der Waals surface area contributed by atoms with E-state index in [2.05, 4.69) is 15.5 Å². The van der Waals surface area contributed by atoms with Crippen molar-refractivity contribution in [1.82, 2.24) is 14.8 Å². The van der Waals surface area contributed by atoms with Crippen molar-refractivity contribution in [2.45, 2.75) is 6.54 Å². The van der Waals surface area contributed by atoms with Crippen LogP contribution in [0.3, 0.4) is 0 Å². The third kappa shape index (κ3) is 3.39. The predicted octanol–water partition coefficient (Wildman–Crippen LogP) is 3.22. The maximum absolute atomic E-state index is 5.75. The molecule has 21 heavy (non-hydrogen) atoms. The van der Waals surface area contributed by atoms with Crippen LogP contribution in [0.15, 0.2) is 60.9 Å². The molecule has 0 aliphatic rings. The molecule has 0 amide bonds. The number of hydrogen-bond donors (Lipinski definition) is 1. The van der Waals surface area contributed by atoms with E-state index >= 15 is 0 Å². The number of ether oxygens (including phenoxy) is 1. The highest BCUT2D eigenvalue weighted by Crippen LogP contribution is 2.22. The second kappa shape index (κ2) is 6.09. The van der Waals surface area contributed by atoms with Gasteiger partial charge in [0.15, 0.2) is 5.82 Å². The first-order valence-corrected chi connectivity index (χ1v) is 6.71. The van der Waals surface area contributed by atoms with Gasteiger partial charge in [0.1, 0.15) is 17.8 Å². The first-order chi connectivity index (χ1) is 10.3. The lowest BCUT2D eigenvalue weighted by Crippen LogP contribution is -2.05. The maximum atomic E-state index is 5.75. The number of anilines is 1. The van der Waals surface area contributed by atoms with Crippen LogP contribution >= 0.6 is 0 Å². The highest BCUT2D eigenvalue weighted by molar-refractivity contribution is 5.47. The van der Waals surface area contributed by atoms with Crippen molar-refractivity contribution in [2.75, 3.05) is 5.32 Å². The number of benzene rings is 2. The van der Waals surface area contributed by atoms with E-state index in [1.807, 2.05) is 66.2 Å². The van der Waals surface area contributed by atoms with Gasteiger partial charge in [-0.25, -0.2) is 0 Å². The minimum absolute atomic E-state index is 0.634. The zero-order chi connectivity index (χ0) is 14.5. The van der Waals surface area contributed by atoms with E-state index in [-0.39, 0.29) is 0 Å². The quantitative estimate of drug-likeness (QED) is 0.779. The van der Waals surface area contributed by atoms with Gasteiger partial charge >= 0.3 is 0 Å². The Morgan fingerprint density at radius 2 is 1.71 bits per heavy atom. The minimum atomic E-state index is 0.634. The topological polar surface area (TPSA) is 52.0 Å². The number of nitrogens with one attached hydrogen (secondary N) is 1. The molecule has 3 aromatic rings. The fourth-order valence-electron chi connectivity index (χ4n) is 1.91. The van der Waals surface area contributed by atoms with E-state index in [0.29, 0.717) is 6.54 Å². The van der Waals surface area contributed by atoms with E-state index in [4.69, 9.17) is 4.74 Å². The van der Waals surface area contributed by atoms with E-state index in [9.17, 15) is 0 Å². The number of aromatic nitrogens is 3. The molecular weight excluding hydrogens is 264 g/mol. The average Bonchev–Trinajstić information content (AvgIpc) is 2.93. The molecule has 0 saturated carbocycles. The van der Waals surface area contributed by atoms with Crippen LogP contribution in [0.4, 0.5) is 5.69 Å². The number of para-hydroxylation sites is 1. The summed E-state index contributed by atoms with van der Waals surface area (Å²) < 4.78 is 7.64. The highest BCUT2D eigenvalue weighted by atomic mass is 16.5. The number of aryl methyl sites for hydroxylation is 1. The molecule has 5 nitrogen and oxygen atoms in total. The third-order valence-corrected chi connectivity index (χ3v) is 3.09. The van der Waals surface area contributed by atoms with Crippen LogP contribution in [0.2, 0.25) is 0 Å². The van der Waals surface area contributed by atoms with Gasteiger partial charge in [-0.1, -0.05) is 18.2 Å². The van der Waals surface area contributed by atoms with Crippen molar-refractivity contribution < 1.29 is 4.74 Å². The summed E-state index contributed by atoms with van der Waals surface area (Å²) in [7, 11) is 1.92. The van der Waals surface area contributed by atoms with Crippen molar-refractivity contribution in [3.8, 4) is 11.5 Å². The van der Waals surface area contributed by atoms with Crippen LogP contribution in [0.1, 0.15) is 5.82 Å². The summed E-state index contributed by atoms with van der Waals surface area (Å²) in [5.41, 5.74) is 1.01. The first kappa shape index (κ1) is 13.2. The molecule has 5 heteroatoms. The first-order valence-electron chi connectivity index (χ1n) is 6.71. The van der Waals surface area contributed by atoms with Gasteiger partial charge in [-0.15, -0.1) is 10.2 Å². The molecule has 1 heterocycles. The molecule has 0 bridgehead atoms. The Kier molecular flexibility index (Phi) is 3.82. The summed E-state index contributed by atoms with van der Waals surface area (Å²) in [5.74, 6) is 2.53. The molecule has 0 aliphatic heterocycles. The van der Waals surface area contributed by atoms with Gasteiger partial charge in [-0.2, -0.15) is 0 Å². The summed E-state index contributed by atoms with van der Waals surface area (Å²) in [6, 6.07) is 17.6. The predicted molar refractivity (Wildman–Crippen MR) is 81.3 cm³/mol. The van der Waals surface area contributed by atoms with E-state index in [1.54, 1.807) is 6.33 Å². The highest BCUT2D eigenvalue weighted by Gasteiger charge is 2.01. The zero-order valence-corrected chi connectivity index (χ0v) is 11.7. The maximum Gasteiger partial charge on any atom is 0.151 e. The SMILES string of the molecule is Cn1cnnc1CNc1ccc(Oc2ccccc2)cc1. The second-order valence-corrected chi connectivity index (χ2v) is 4.65. The largest absolute Gasteiger partial charge is 0.457 e. The zero-order valence-electron chi connectivity index (χ0n) is 11.7. The Balaban J connectivity index is 1.60. The standard InChI is InChI=1S/C16H16N4O/c1-20-12-18-19-16(20)11-17-13-7-9-15(10-8-13)21-14-5-3-2-4-6-14/h2-10,12,17H,11H2,1H3. The smallest absolute Gasteiger partial charge is 0.151 e. The summed E-state index contributed by atoms with van der Waals surface area (Å²) in [6.45, 7) is 0.634. The molecular formula is C16H16N4O. The van der Waals surface area contributed by atoms with E-state index in [0.717, 1.165) is 23.0 Å². The Morgan fingerprint density at radius 1 is 1.00 bits per heavy atom. The molecule has 1 N–H and O–H groups in total. The van der Waals surface area contributed by atoms with Gasteiger partial charge < -0.3 is 14.6 Å². The molecule has 2 aromatic carbocycles. The fourth-order valence-corrected chi connectivity index (χ4v) is 1.91. The second-order valence-electron chi connectivity index (χ2n) is 4.65. The van der Waals surface area contributed by atoms with Crippen molar-refractivity contribution in [3.63, 3.8) is 0 Å². The van der Waals surface area contributed by atoms with E-state index < -0.39 is 0 Å². The third-order valence-electron chi connectivity index (χ3n) is 3.09. The van der Waals surface area contributed by atoms with Crippen molar-refractivity contribution in [2.24, 2.45) is 7.05 Å². The Hall–Kier alpha value is -2.82. The van der Waals surface area contributed by atoms with E-state index in [1.165, 1.54) is 0 Å². The lowest BCUT2D eigenvalue weighted by molar-refractivity contribution is 0.483. The molecule has 106 valence electrons. The van der Waals surface area contributed by atoms with Crippen LogP contribution < -0.4 is 10.1 Å². The van der Waals surface area contributed by atoms with Crippen molar-refractivity contribution in [1.29, 1.82) is 0 Å². The van der Waals surface area contributed by atoms with Gasteiger partial charge in [0.2, 0.25) is 0 Å². The van der Waals surface area contributed by atoms with Gasteiger partial charge in [0.25, 0.3) is 0 Å². The Labute approximate surface area is 123 Å². The van der Waals surface area contributed by atoms with Gasteiger partial charge in [-0.05, 0) is 36.4 Å². The molecule has 0 fully saturated rings. The van der Waals surface area contributed by atoms with Gasteiger partial charge in [-0.3, -0.25) is 0 Å². The van der Waals surface area contributed by atoms with Crippen molar-refractivity contribution in [3.05, 3.63) is 66.7 Å². The Morgan fingerprint density at radius 3 is 2.38 bits per heavy atom. The molecule has 3 rings (SSSR count). The average molecular weight is 280 g/mol. The fraction of sp³-hybridized carbons (Fsp3) is 0.125. The molecule has 0 unspecified atom stereocenters. The molecule has 0 spiro atoms. The number of hydrogen-bond acceptors (Lipinski definition) is 4. The summed E-state index contributed by atoms with van der Waals surface area (Å²) in [6.07, 6.45) is 1.69. The van der Waals surface area contributed by atoms with Crippen LogP contribution in [-0.4, -0.2) is 14.8 Å².